The summed E-state index contributed by atoms with van der Waals surface area (Å²) in [4.78, 5) is 35.8. The fraction of sp³-hybridized carbons (Fsp3) is 0.560. The summed E-state index contributed by atoms with van der Waals surface area (Å²) in [5, 5.41) is 31.9. The second kappa shape index (κ2) is 10.3. The Morgan fingerprint density at radius 3 is 2.66 bits per heavy atom. The van der Waals surface area contributed by atoms with E-state index in [0.29, 0.717) is 5.92 Å². The first-order valence-corrected chi connectivity index (χ1v) is 11.1. The highest BCUT2D eigenvalue weighted by Gasteiger charge is 2.34. The van der Waals surface area contributed by atoms with Crippen LogP contribution in [0.5, 0.6) is 0 Å². The molecule has 2 aliphatic rings. The molecule has 0 unspecified atom stereocenters. The first kappa shape index (κ1) is 25.6. The molecule has 0 bridgehead atoms. The summed E-state index contributed by atoms with van der Waals surface area (Å²) in [7, 11) is 0. The number of nitrogens with one attached hydrogen (secondary N) is 1. The van der Waals surface area contributed by atoms with Crippen LogP contribution in [0.4, 0.5) is 0 Å². The van der Waals surface area contributed by atoms with E-state index < -0.39 is 35.4 Å². The Bertz CT molecular complexity index is 894. The molecule has 2 aliphatic carbocycles. The van der Waals surface area contributed by atoms with Crippen LogP contribution in [0.15, 0.2) is 46.9 Å². The van der Waals surface area contributed by atoms with Crippen molar-refractivity contribution in [1.82, 2.24) is 5.32 Å². The van der Waals surface area contributed by atoms with Gasteiger partial charge in [0.05, 0.1) is 17.4 Å². The molecule has 0 radical (unpaired) electrons. The molecule has 7 nitrogen and oxygen atoms in total. The standard InChI is InChI=1S/C25H35NO6/c1-14(10-12-25(5)11-6-7-15(2)16(25)3)8-9-18-22(29)19(13-20(28)23(18)30)26-21(17(4)27)24(31)32/h8,13,15,17,21,26-27,29H,3,6-7,9-12H2,1-2,4-5H3,(H,31,32)/b14-8+/t15-,17-,21+,25-/m1/s1. The molecule has 0 aromatic rings. The van der Waals surface area contributed by atoms with Crippen LogP contribution in [0.2, 0.25) is 0 Å². The number of ketones is 2. The van der Waals surface area contributed by atoms with Crippen molar-refractivity contribution in [3.05, 3.63) is 46.9 Å². The molecular weight excluding hydrogens is 410 g/mol. The number of carbonyl (C=O) groups excluding carboxylic acids is 2. The van der Waals surface area contributed by atoms with Crippen molar-refractivity contribution in [2.45, 2.75) is 78.4 Å². The van der Waals surface area contributed by atoms with Crippen LogP contribution in [0.3, 0.4) is 0 Å². The molecule has 1 saturated carbocycles. The van der Waals surface area contributed by atoms with Gasteiger partial charge in [-0.1, -0.05) is 44.1 Å². The number of aliphatic hydroxyl groups excluding tert-OH is 2. The van der Waals surface area contributed by atoms with Crippen LogP contribution in [0.25, 0.3) is 0 Å². The van der Waals surface area contributed by atoms with Crippen molar-refractivity contribution in [2.24, 2.45) is 11.3 Å². The lowest BCUT2D eigenvalue weighted by molar-refractivity contribution is -0.141. The summed E-state index contributed by atoms with van der Waals surface area (Å²) in [6.45, 7) is 12.0. The number of hydrogen-bond donors (Lipinski definition) is 4. The number of carboxylic acids is 1. The zero-order valence-electron chi connectivity index (χ0n) is 19.4. The molecule has 0 aromatic heterocycles. The lowest BCUT2D eigenvalue weighted by Crippen LogP contribution is -2.45. The van der Waals surface area contributed by atoms with Gasteiger partial charge in [-0.2, -0.15) is 0 Å². The predicted octanol–water partition coefficient (Wildman–Crippen LogP) is 3.76. The molecule has 4 N–H and O–H groups in total. The zero-order valence-corrected chi connectivity index (χ0v) is 19.4. The predicted molar refractivity (Wildman–Crippen MR) is 122 cm³/mol. The van der Waals surface area contributed by atoms with E-state index in [9.17, 15) is 29.7 Å². The number of aliphatic hydroxyl groups is 2. The fourth-order valence-electron chi connectivity index (χ4n) is 4.40. The molecule has 0 amide bonds. The van der Waals surface area contributed by atoms with Gasteiger partial charge < -0.3 is 20.6 Å². The van der Waals surface area contributed by atoms with Crippen molar-refractivity contribution in [2.75, 3.05) is 0 Å². The number of carboxylic acid groups (broad SMARTS) is 1. The van der Waals surface area contributed by atoms with Gasteiger partial charge in [0.2, 0.25) is 11.6 Å². The highest BCUT2D eigenvalue weighted by molar-refractivity contribution is 6.48. The maximum Gasteiger partial charge on any atom is 0.328 e. The molecule has 0 spiro atoms. The Hall–Kier alpha value is -2.67. The topological polar surface area (TPSA) is 124 Å². The fourth-order valence-corrected chi connectivity index (χ4v) is 4.40. The van der Waals surface area contributed by atoms with Crippen LogP contribution >= 0.6 is 0 Å². The van der Waals surface area contributed by atoms with Gasteiger partial charge in [0.25, 0.3) is 0 Å². The summed E-state index contributed by atoms with van der Waals surface area (Å²) in [6.07, 6.45) is 6.68. The van der Waals surface area contributed by atoms with Crippen LogP contribution < -0.4 is 5.32 Å². The normalized spacial score (nSPS) is 26.7. The minimum absolute atomic E-state index is 0.0573. The molecule has 2 rings (SSSR count). The van der Waals surface area contributed by atoms with E-state index >= 15 is 0 Å². The van der Waals surface area contributed by atoms with Crippen LogP contribution in [0, 0.1) is 11.3 Å². The van der Waals surface area contributed by atoms with Gasteiger partial charge >= 0.3 is 5.97 Å². The molecule has 32 heavy (non-hydrogen) atoms. The molecule has 0 aliphatic heterocycles. The maximum absolute atomic E-state index is 12.3. The summed E-state index contributed by atoms with van der Waals surface area (Å²) in [5.74, 6) is -2.96. The Kier molecular flexibility index (Phi) is 8.24. The highest BCUT2D eigenvalue weighted by atomic mass is 16.4. The Morgan fingerprint density at radius 1 is 1.41 bits per heavy atom. The van der Waals surface area contributed by atoms with E-state index in [1.165, 1.54) is 25.3 Å². The second-order valence-corrected chi connectivity index (χ2v) is 9.41. The molecular formula is C25H35NO6. The summed E-state index contributed by atoms with van der Waals surface area (Å²) in [5.41, 5.74) is 2.14. The van der Waals surface area contributed by atoms with Crippen molar-refractivity contribution in [3.63, 3.8) is 0 Å². The van der Waals surface area contributed by atoms with Crippen molar-refractivity contribution in [1.29, 1.82) is 0 Å². The zero-order chi connectivity index (χ0) is 24.2. The molecule has 1 fully saturated rings. The Morgan fingerprint density at radius 2 is 2.06 bits per heavy atom. The monoisotopic (exact) mass is 445 g/mol. The smallest absolute Gasteiger partial charge is 0.328 e. The third-order valence-corrected chi connectivity index (χ3v) is 6.84. The van der Waals surface area contributed by atoms with E-state index in [0.717, 1.165) is 30.9 Å². The highest BCUT2D eigenvalue weighted by Crippen LogP contribution is 2.46. The quantitative estimate of drug-likeness (QED) is 0.242. The lowest BCUT2D eigenvalue weighted by atomic mass is 9.65. The van der Waals surface area contributed by atoms with Gasteiger partial charge in [0.1, 0.15) is 5.76 Å². The number of allylic oxidation sites excluding steroid dienone is 5. The summed E-state index contributed by atoms with van der Waals surface area (Å²) >= 11 is 0. The number of Topliss-reactive ketones (excluding diaryl/α,β-unsaturated/α-hetero) is 1. The second-order valence-electron chi connectivity index (χ2n) is 9.41. The Balaban J connectivity index is 2.13. The van der Waals surface area contributed by atoms with Gasteiger partial charge in [-0.25, -0.2) is 4.79 Å². The summed E-state index contributed by atoms with van der Waals surface area (Å²) in [6, 6.07) is -1.44. The van der Waals surface area contributed by atoms with Crippen molar-refractivity contribution < 1.29 is 29.7 Å². The van der Waals surface area contributed by atoms with E-state index in [4.69, 9.17) is 0 Å². The SMILES string of the molecule is C=C1[C@H](C)CCC[C@]1(C)CC/C(C)=C/CC1=C(O)C(N[C@H](C(=O)O)[C@@H](C)O)=CC(=O)C1=O. The van der Waals surface area contributed by atoms with Gasteiger partial charge in [0, 0.05) is 6.08 Å². The number of carbonyl (C=O) groups is 3. The van der Waals surface area contributed by atoms with Gasteiger partial charge in [-0.15, -0.1) is 0 Å². The average Bonchev–Trinajstić information content (AvgIpc) is 2.71. The maximum atomic E-state index is 12.3. The first-order valence-electron chi connectivity index (χ1n) is 11.1. The molecule has 4 atom stereocenters. The molecule has 0 aromatic carbocycles. The minimum Gasteiger partial charge on any atom is -0.505 e. The molecule has 176 valence electrons. The number of aliphatic carboxylic acids is 1. The van der Waals surface area contributed by atoms with Gasteiger partial charge in [-0.05, 0) is 57.3 Å². The average molecular weight is 446 g/mol. The van der Waals surface area contributed by atoms with E-state index in [1.807, 2.05) is 13.0 Å². The largest absolute Gasteiger partial charge is 0.505 e. The molecule has 0 saturated heterocycles. The van der Waals surface area contributed by atoms with Crippen LogP contribution in [-0.4, -0.2) is 45.0 Å². The van der Waals surface area contributed by atoms with Crippen LogP contribution in [-0.2, 0) is 14.4 Å². The van der Waals surface area contributed by atoms with E-state index in [1.54, 1.807) is 0 Å². The number of hydrogen-bond acceptors (Lipinski definition) is 6. The van der Waals surface area contributed by atoms with Crippen molar-refractivity contribution >= 4 is 17.5 Å². The number of rotatable bonds is 9. The van der Waals surface area contributed by atoms with E-state index in [-0.39, 0.29) is 23.1 Å². The third-order valence-electron chi connectivity index (χ3n) is 6.84. The lowest BCUT2D eigenvalue weighted by Gasteiger charge is -2.40. The Labute approximate surface area is 189 Å². The summed E-state index contributed by atoms with van der Waals surface area (Å²) < 4.78 is 0. The minimum atomic E-state index is -1.44. The van der Waals surface area contributed by atoms with E-state index in [2.05, 4.69) is 25.7 Å². The van der Waals surface area contributed by atoms with Gasteiger partial charge in [-0.3, -0.25) is 9.59 Å². The molecule has 0 heterocycles. The van der Waals surface area contributed by atoms with Gasteiger partial charge in [0.15, 0.2) is 6.04 Å². The first-order chi connectivity index (χ1) is 14.9. The van der Waals surface area contributed by atoms with Crippen molar-refractivity contribution in [3.8, 4) is 0 Å². The van der Waals surface area contributed by atoms with Crippen LogP contribution in [0.1, 0.15) is 66.2 Å². The molecule has 7 heteroatoms. The third kappa shape index (κ3) is 5.76.